The topological polar surface area (TPSA) is 110 Å². The second-order valence-corrected chi connectivity index (χ2v) is 10.4. The monoisotopic (exact) mass is 466 g/mol. The average molecular weight is 467 g/mol. The smallest absolute Gasteiger partial charge is 0.266 e. The number of benzene rings is 2. The summed E-state index contributed by atoms with van der Waals surface area (Å²) in [5, 5.41) is 0.451. The predicted molar refractivity (Wildman–Crippen MR) is 124 cm³/mol. The normalized spacial score (nSPS) is 16.0. The molecular formula is C24H26N4O4S. The number of carbonyl (C=O) groups is 1. The molecule has 33 heavy (non-hydrogen) atoms. The molecule has 1 aliphatic heterocycles. The summed E-state index contributed by atoms with van der Waals surface area (Å²) in [4.78, 5) is 32.5. The first-order valence-corrected chi connectivity index (χ1v) is 12.9. The lowest BCUT2D eigenvalue weighted by molar-refractivity contribution is 0.0945. The number of aromatic nitrogens is 2. The number of carbonyl (C=O) groups excluding carboxylic acids is 1. The van der Waals surface area contributed by atoms with Gasteiger partial charge in [0, 0.05) is 18.5 Å². The van der Waals surface area contributed by atoms with Crippen LogP contribution in [0.4, 0.5) is 0 Å². The van der Waals surface area contributed by atoms with Gasteiger partial charge >= 0.3 is 0 Å². The maximum Gasteiger partial charge on any atom is 0.266 e. The summed E-state index contributed by atoms with van der Waals surface area (Å²) in [6.07, 6.45) is 7.68. The molecule has 0 saturated carbocycles. The van der Waals surface area contributed by atoms with Gasteiger partial charge in [-0.25, -0.2) is 13.4 Å². The van der Waals surface area contributed by atoms with Crippen LogP contribution in [0, 0.1) is 0 Å². The molecule has 0 radical (unpaired) electrons. The maximum atomic E-state index is 12.9. The molecule has 1 aromatic heterocycles. The van der Waals surface area contributed by atoms with Gasteiger partial charge in [-0.1, -0.05) is 12.5 Å². The van der Waals surface area contributed by atoms with E-state index in [-0.39, 0.29) is 16.0 Å². The number of fused-ring (bicyclic) bond motifs is 3. The molecular weight excluding hydrogens is 440 g/mol. The van der Waals surface area contributed by atoms with Crippen molar-refractivity contribution in [1.82, 2.24) is 19.8 Å². The minimum Gasteiger partial charge on any atom is -0.296 e. The third-order valence-corrected chi connectivity index (χ3v) is 7.75. The molecule has 5 rings (SSSR count). The number of rotatable bonds is 4. The van der Waals surface area contributed by atoms with Crippen LogP contribution in [0.15, 0.2) is 46.1 Å². The summed E-state index contributed by atoms with van der Waals surface area (Å²) in [5.74, 6) is 0.117. The molecule has 2 aliphatic rings. The fourth-order valence-electron chi connectivity index (χ4n) is 4.68. The first-order chi connectivity index (χ1) is 15.9. The molecule has 9 heteroatoms. The Morgan fingerprint density at radius 2 is 1.70 bits per heavy atom. The molecule has 1 aliphatic carbocycles. The van der Waals surface area contributed by atoms with Crippen molar-refractivity contribution in [2.75, 3.05) is 0 Å². The fraction of sp³-hybridized carbons (Fsp3) is 0.375. The van der Waals surface area contributed by atoms with Crippen molar-refractivity contribution in [2.45, 2.75) is 62.8 Å². The van der Waals surface area contributed by atoms with E-state index in [0.29, 0.717) is 17.4 Å². The molecule has 0 atom stereocenters. The Kier molecular flexibility index (Phi) is 5.76. The van der Waals surface area contributed by atoms with Crippen LogP contribution >= 0.6 is 0 Å². The Morgan fingerprint density at radius 3 is 2.55 bits per heavy atom. The van der Waals surface area contributed by atoms with Gasteiger partial charge in [-0.2, -0.15) is 0 Å². The molecule has 0 saturated heterocycles. The van der Waals surface area contributed by atoms with Crippen LogP contribution in [-0.2, 0) is 35.8 Å². The molecule has 2 N–H and O–H groups in total. The van der Waals surface area contributed by atoms with Crippen molar-refractivity contribution >= 4 is 26.8 Å². The van der Waals surface area contributed by atoms with Crippen molar-refractivity contribution in [3.8, 4) is 0 Å². The van der Waals surface area contributed by atoms with E-state index < -0.39 is 15.9 Å². The zero-order valence-corrected chi connectivity index (χ0v) is 19.1. The standard InChI is InChI=1S/C24H26N4O4S/c29-23(26-27-33(31,32)19-11-9-16-6-3-4-7-17(16)14-19)18-10-12-20-21(15-18)25-22-8-2-1-5-13-28(22)24(20)30/h9-12,14-15,27H,1-8,13H2,(H,26,29). The summed E-state index contributed by atoms with van der Waals surface area (Å²) in [6, 6.07) is 9.72. The largest absolute Gasteiger partial charge is 0.296 e. The lowest BCUT2D eigenvalue weighted by Gasteiger charge is -2.17. The van der Waals surface area contributed by atoms with E-state index in [1.165, 1.54) is 17.7 Å². The predicted octanol–water partition coefficient (Wildman–Crippen LogP) is 2.62. The van der Waals surface area contributed by atoms with Crippen LogP contribution in [0.25, 0.3) is 10.9 Å². The number of nitrogens with zero attached hydrogens (tertiary/aromatic N) is 2. The number of amides is 1. The highest BCUT2D eigenvalue weighted by atomic mass is 32.2. The van der Waals surface area contributed by atoms with Gasteiger partial charge in [0.15, 0.2) is 0 Å². The lowest BCUT2D eigenvalue weighted by Crippen LogP contribution is -2.41. The van der Waals surface area contributed by atoms with Gasteiger partial charge in [-0.05, 0) is 80.0 Å². The quantitative estimate of drug-likeness (QED) is 0.575. The maximum absolute atomic E-state index is 12.9. The van der Waals surface area contributed by atoms with Crippen molar-refractivity contribution in [1.29, 1.82) is 0 Å². The molecule has 2 aromatic carbocycles. The van der Waals surface area contributed by atoms with Gasteiger partial charge in [0.1, 0.15) is 5.82 Å². The van der Waals surface area contributed by atoms with Gasteiger partial charge in [-0.15, -0.1) is 4.83 Å². The molecule has 0 fully saturated rings. The second kappa shape index (κ2) is 8.72. The summed E-state index contributed by atoms with van der Waals surface area (Å²) in [7, 11) is -3.91. The zero-order valence-electron chi connectivity index (χ0n) is 18.3. The van der Waals surface area contributed by atoms with E-state index in [9.17, 15) is 18.0 Å². The molecule has 0 unspecified atom stereocenters. The van der Waals surface area contributed by atoms with E-state index in [4.69, 9.17) is 0 Å². The van der Waals surface area contributed by atoms with Crippen molar-refractivity contribution < 1.29 is 13.2 Å². The molecule has 8 nitrogen and oxygen atoms in total. The van der Waals surface area contributed by atoms with Crippen LogP contribution in [0.3, 0.4) is 0 Å². The number of sulfonamides is 1. The van der Waals surface area contributed by atoms with Crippen molar-refractivity contribution in [2.24, 2.45) is 0 Å². The van der Waals surface area contributed by atoms with Crippen molar-refractivity contribution in [3.05, 3.63) is 69.3 Å². The minimum absolute atomic E-state index is 0.100. The molecule has 0 bridgehead atoms. The Labute approximate surface area is 192 Å². The van der Waals surface area contributed by atoms with E-state index in [0.717, 1.165) is 62.8 Å². The van der Waals surface area contributed by atoms with Crippen LogP contribution in [0.2, 0.25) is 0 Å². The highest BCUT2D eigenvalue weighted by Gasteiger charge is 2.20. The summed E-state index contributed by atoms with van der Waals surface area (Å²) in [5.41, 5.74) is 5.07. The lowest BCUT2D eigenvalue weighted by atomic mass is 9.92. The van der Waals surface area contributed by atoms with E-state index >= 15 is 0 Å². The second-order valence-electron chi connectivity index (χ2n) is 8.72. The SMILES string of the molecule is O=C(NNS(=O)(=O)c1ccc2c(c1)CCCC2)c1ccc2c(=O)n3c(nc2c1)CCCCC3. The number of aryl methyl sites for hydroxylation is 3. The van der Waals surface area contributed by atoms with Crippen LogP contribution in [0.5, 0.6) is 0 Å². The highest BCUT2D eigenvalue weighted by molar-refractivity contribution is 7.89. The van der Waals surface area contributed by atoms with E-state index in [2.05, 4.69) is 15.2 Å². The van der Waals surface area contributed by atoms with Crippen LogP contribution in [-0.4, -0.2) is 23.9 Å². The van der Waals surface area contributed by atoms with E-state index in [1.54, 1.807) is 22.8 Å². The first-order valence-electron chi connectivity index (χ1n) is 11.4. The van der Waals surface area contributed by atoms with Crippen LogP contribution < -0.4 is 15.8 Å². The molecule has 172 valence electrons. The Hall–Kier alpha value is -3.04. The summed E-state index contributed by atoms with van der Waals surface area (Å²) in [6.45, 7) is 0.657. The fourth-order valence-corrected chi connectivity index (χ4v) is 5.57. The third-order valence-electron chi connectivity index (χ3n) is 6.51. The molecule has 2 heterocycles. The Morgan fingerprint density at radius 1 is 0.909 bits per heavy atom. The minimum atomic E-state index is -3.91. The van der Waals surface area contributed by atoms with E-state index in [1.807, 2.05) is 6.07 Å². The van der Waals surface area contributed by atoms with Crippen molar-refractivity contribution in [3.63, 3.8) is 0 Å². The summed E-state index contributed by atoms with van der Waals surface area (Å²) < 4.78 is 27.2. The molecule has 3 aromatic rings. The first kappa shape index (κ1) is 21.8. The van der Waals surface area contributed by atoms with Gasteiger partial charge in [0.25, 0.3) is 21.5 Å². The zero-order chi connectivity index (χ0) is 23.0. The third kappa shape index (κ3) is 4.30. The van der Waals surface area contributed by atoms with Gasteiger partial charge in [0.2, 0.25) is 0 Å². The Balaban J connectivity index is 1.36. The number of nitrogens with one attached hydrogen (secondary N) is 2. The highest BCUT2D eigenvalue weighted by Crippen LogP contribution is 2.24. The molecule has 0 spiro atoms. The van der Waals surface area contributed by atoms with Crippen LogP contribution in [0.1, 0.15) is 59.4 Å². The average Bonchev–Trinajstić information content (AvgIpc) is 3.08. The van der Waals surface area contributed by atoms with Gasteiger partial charge in [0.05, 0.1) is 15.8 Å². The molecule has 1 amide bonds. The Bertz CT molecular complexity index is 1410. The number of hydrogen-bond donors (Lipinski definition) is 2. The summed E-state index contributed by atoms with van der Waals surface area (Å²) >= 11 is 0. The number of hydrogen-bond acceptors (Lipinski definition) is 5. The van der Waals surface area contributed by atoms with Gasteiger partial charge < -0.3 is 0 Å². The number of hydrazine groups is 1. The van der Waals surface area contributed by atoms with Gasteiger partial charge in [-0.3, -0.25) is 19.6 Å².